The third-order valence-corrected chi connectivity index (χ3v) is 3.71. The maximum atomic E-state index is 12.4. The topological polar surface area (TPSA) is 35.5 Å². The van der Waals surface area contributed by atoms with E-state index in [9.17, 15) is 4.79 Å². The molecule has 19 heavy (non-hydrogen) atoms. The fourth-order valence-electron chi connectivity index (χ4n) is 2.06. The zero-order chi connectivity index (χ0) is 14.6. The molecule has 0 aromatic heterocycles. The van der Waals surface area contributed by atoms with Gasteiger partial charge in [0.05, 0.1) is 7.11 Å². The summed E-state index contributed by atoms with van der Waals surface area (Å²) < 4.78 is 11.4. The summed E-state index contributed by atoms with van der Waals surface area (Å²) in [5, 5.41) is 0. The lowest BCUT2D eigenvalue weighted by molar-refractivity contribution is -0.134. The van der Waals surface area contributed by atoms with Crippen LogP contribution in [-0.4, -0.2) is 26.1 Å². The molecule has 1 unspecified atom stereocenters. The molecule has 0 N–H and O–H groups in total. The molecule has 1 atom stereocenters. The normalized spacial score (nSPS) is 13.2. The van der Waals surface area contributed by atoms with Crippen molar-refractivity contribution in [3.05, 3.63) is 28.2 Å². The van der Waals surface area contributed by atoms with Gasteiger partial charge in [-0.2, -0.15) is 0 Å². The summed E-state index contributed by atoms with van der Waals surface area (Å²) in [7, 11) is 3.19. The maximum absolute atomic E-state index is 12.4. The number of methoxy groups -OCH3 is 2. The van der Waals surface area contributed by atoms with Crippen molar-refractivity contribution in [2.45, 2.75) is 33.3 Å². The van der Waals surface area contributed by atoms with Gasteiger partial charge in [0.15, 0.2) is 5.78 Å². The molecule has 0 saturated carbocycles. The van der Waals surface area contributed by atoms with Crippen LogP contribution in [0, 0.1) is 5.41 Å². The molecule has 0 aliphatic heterocycles. The fourth-order valence-corrected chi connectivity index (χ4v) is 2.45. The van der Waals surface area contributed by atoms with E-state index >= 15 is 0 Å². The maximum Gasteiger partial charge on any atom is 0.166 e. The minimum Gasteiger partial charge on any atom is -0.497 e. The monoisotopic (exact) mass is 328 g/mol. The van der Waals surface area contributed by atoms with Gasteiger partial charge in [-0.1, -0.05) is 36.7 Å². The standard InChI is InChI=1S/C15H21BrO3/c1-15(2,3)14(19-5)13(17)9-10-8-11(18-4)6-7-12(10)16/h6-8,14H,9H2,1-5H3. The Bertz CT molecular complexity index is 449. The van der Waals surface area contributed by atoms with Crippen molar-refractivity contribution >= 4 is 21.7 Å². The quantitative estimate of drug-likeness (QED) is 0.827. The van der Waals surface area contributed by atoms with Crippen LogP contribution in [0.25, 0.3) is 0 Å². The molecule has 0 fully saturated rings. The van der Waals surface area contributed by atoms with Gasteiger partial charge in [0.25, 0.3) is 0 Å². The zero-order valence-electron chi connectivity index (χ0n) is 12.1. The lowest BCUT2D eigenvalue weighted by Crippen LogP contribution is -2.37. The molecule has 106 valence electrons. The summed E-state index contributed by atoms with van der Waals surface area (Å²) in [5.74, 6) is 0.819. The summed E-state index contributed by atoms with van der Waals surface area (Å²) in [4.78, 5) is 12.4. The number of carbonyl (C=O) groups is 1. The molecule has 3 nitrogen and oxygen atoms in total. The van der Waals surface area contributed by atoms with Gasteiger partial charge in [-0.25, -0.2) is 0 Å². The average Bonchev–Trinajstić information content (AvgIpc) is 2.31. The van der Waals surface area contributed by atoms with E-state index in [1.165, 1.54) is 0 Å². The minimum absolute atomic E-state index is 0.0731. The summed E-state index contributed by atoms with van der Waals surface area (Å²) in [6, 6.07) is 5.62. The second-order valence-electron chi connectivity index (χ2n) is 5.58. The van der Waals surface area contributed by atoms with E-state index in [1.54, 1.807) is 14.2 Å². The van der Waals surface area contributed by atoms with Crippen molar-refractivity contribution in [1.82, 2.24) is 0 Å². The van der Waals surface area contributed by atoms with E-state index in [0.717, 1.165) is 15.8 Å². The van der Waals surface area contributed by atoms with Crippen molar-refractivity contribution in [3.8, 4) is 5.75 Å². The first kappa shape index (κ1) is 16.2. The number of halogens is 1. The van der Waals surface area contributed by atoms with E-state index in [4.69, 9.17) is 9.47 Å². The Balaban J connectivity index is 2.93. The molecular weight excluding hydrogens is 308 g/mol. The second kappa shape index (κ2) is 6.53. The highest BCUT2D eigenvalue weighted by Gasteiger charge is 2.31. The van der Waals surface area contributed by atoms with Gasteiger partial charge in [-0.3, -0.25) is 4.79 Å². The SMILES string of the molecule is COc1ccc(Br)c(CC(=O)C(OC)C(C)(C)C)c1. The van der Waals surface area contributed by atoms with Crippen molar-refractivity contribution in [2.24, 2.45) is 5.41 Å². The predicted molar refractivity (Wildman–Crippen MR) is 79.7 cm³/mol. The van der Waals surface area contributed by atoms with E-state index in [1.807, 2.05) is 39.0 Å². The average molecular weight is 329 g/mol. The van der Waals surface area contributed by atoms with E-state index in [2.05, 4.69) is 15.9 Å². The van der Waals surface area contributed by atoms with Crippen LogP contribution in [0.15, 0.2) is 22.7 Å². The van der Waals surface area contributed by atoms with Gasteiger partial charge in [0.1, 0.15) is 11.9 Å². The van der Waals surface area contributed by atoms with Crippen LogP contribution in [0.3, 0.4) is 0 Å². The molecule has 4 heteroatoms. The lowest BCUT2D eigenvalue weighted by Gasteiger charge is -2.28. The van der Waals surface area contributed by atoms with E-state index in [0.29, 0.717) is 6.42 Å². The van der Waals surface area contributed by atoms with Gasteiger partial charge in [0.2, 0.25) is 0 Å². The number of hydrogen-bond acceptors (Lipinski definition) is 3. The number of rotatable bonds is 5. The Kier molecular flexibility index (Phi) is 5.56. The third-order valence-electron chi connectivity index (χ3n) is 2.93. The van der Waals surface area contributed by atoms with Gasteiger partial charge in [-0.15, -0.1) is 0 Å². The summed E-state index contributed by atoms with van der Waals surface area (Å²) in [5.41, 5.74) is 0.702. The molecule has 0 bridgehead atoms. The first-order valence-electron chi connectivity index (χ1n) is 6.17. The Morgan fingerprint density at radius 3 is 2.42 bits per heavy atom. The van der Waals surface area contributed by atoms with Crippen molar-refractivity contribution in [1.29, 1.82) is 0 Å². The van der Waals surface area contributed by atoms with Gasteiger partial charge in [-0.05, 0) is 29.2 Å². The Morgan fingerprint density at radius 2 is 1.95 bits per heavy atom. The second-order valence-corrected chi connectivity index (χ2v) is 6.44. The van der Waals surface area contributed by atoms with E-state index < -0.39 is 6.10 Å². The lowest BCUT2D eigenvalue weighted by atomic mass is 9.84. The molecular formula is C15H21BrO3. The number of Topliss-reactive ketones (excluding diaryl/α,β-unsaturated/α-hetero) is 1. The molecule has 1 aromatic carbocycles. The van der Waals surface area contributed by atoms with Crippen LogP contribution in [-0.2, 0) is 16.0 Å². The van der Waals surface area contributed by atoms with E-state index in [-0.39, 0.29) is 11.2 Å². The summed E-state index contributed by atoms with van der Waals surface area (Å²) in [6.07, 6.45) is -0.0845. The highest BCUT2D eigenvalue weighted by atomic mass is 79.9. The molecule has 0 radical (unpaired) electrons. The third kappa shape index (κ3) is 4.32. The van der Waals surface area contributed by atoms with Crippen molar-refractivity contribution < 1.29 is 14.3 Å². The largest absolute Gasteiger partial charge is 0.497 e. The van der Waals surface area contributed by atoms with Crippen LogP contribution in [0.2, 0.25) is 0 Å². The number of benzene rings is 1. The number of ether oxygens (including phenoxy) is 2. The van der Waals surface area contributed by atoms with Crippen molar-refractivity contribution in [2.75, 3.05) is 14.2 Å². The highest BCUT2D eigenvalue weighted by molar-refractivity contribution is 9.10. The highest BCUT2D eigenvalue weighted by Crippen LogP contribution is 2.27. The summed E-state index contributed by atoms with van der Waals surface area (Å²) >= 11 is 3.46. The van der Waals surface area contributed by atoms with Gasteiger partial charge in [0, 0.05) is 18.0 Å². The van der Waals surface area contributed by atoms with Gasteiger partial charge < -0.3 is 9.47 Å². The predicted octanol–water partition coefficient (Wildman–Crippen LogP) is 3.63. The Labute approximate surface area is 123 Å². The number of hydrogen-bond donors (Lipinski definition) is 0. The smallest absolute Gasteiger partial charge is 0.166 e. The van der Waals surface area contributed by atoms with Crippen LogP contribution in [0.4, 0.5) is 0 Å². The molecule has 0 aliphatic carbocycles. The molecule has 0 amide bonds. The minimum atomic E-state index is -0.411. The Morgan fingerprint density at radius 1 is 1.32 bits per heavy atom. The molecule has 0 aliphatic rings. The van der Waals surface area contributed by atoms with Crippen LogP contribution >= 0.6 is 15.9 Å². The first-order valence-corrected chi connectivity index (χ1v) is 6.96. The number of carbonyl (C=O) groups excluding carboxylic acids is 1. The molecule has 1 rings (SSSR count). The Hall–Kier alpha value is -0.870. The van der Waals surface area contributed by atoms with Crippen LogP contribution in [0.5, 0.6) is 5.75 Å². The summed E-state index contributed by atoms with van der Waals surface area (Å²) in [6.45, 7) is 6.00. The van der Waals surface area contributed by atoms with Crippen molar-refractivity contribution in [3.63, 3.8) is 0 Å². The molecule has 0 heterocycles. The zero-order valence-corrected chi connectivity index (χ0v) is 13.7. The van der Waals surface area contributed by atoms with Crippen LogP contribution < -0.4 is 4.74 Å². The molecule has 0 saturated heterocycles. The molecule has 0 spiro atoms. The number of ketones is 1. The fraction of sp³-hybridized carbons (Fsp3) is 0.533. The van der Waals surface area contributed by atoms with Crippen LogP contribution in [0.1, 0.15) is 26.3 Å². The first-order chi connectivity index (χ1) is 8.79. The molecule has 1 aromatic rings. The van der Waals surface area contributed by atoms with Gasteiger partial charge >= 0.3 is 0 Å².